The Morgan fingerprint density at radius 2 is 1.61 bits per heavy atom. The van der Waals surface area contributed by atoms with Crippen LogP contribution >= 0.6 is 11.6 Å². The number of halogens is 2. The van der Waals surface area contributed by atoms with Crippen LogP contribution in [-0.4, -0.2) is 40.4 Å². The van der Waals surface area contributed by atoms with E-state index in [4.69, 9.17) is 11.6 Å². The predicted molar refractivity (Wildman–Crippen MR) is 105 cm³/mol. The summed E-state index contributed by atoms with van der Waals surface area (Å²) in [6.07, 6.45) is 0. The molecule has 0 spiro atoms. The van der Waals surface area contributed by atoms with Crippen molar-refractivity contribution in [1.82, 2.24) is 11.0 Å². The second kappa shape index (κ2) is 9.36. The molecule has 0 saturated heterocycles. The van der Waals surface area contributed by atoms with Gasteiger partial charge in [0.1, 0.15) is 5.82 Å². The van der Waals surface area contributed by atoms with E-state index in [9.17, 15) is 14.0 Å². The van der Waals surface area contributed by atoms with Gasteiger partial charge in [-0.3, -0.25) is 19.5 Å². The summed E-state index contributed by atoms with van der Waals surface area (Å²) in [6, 6.07) is 7.92. The third kappa shape index (κ3) is 4.50. The first-order chi connectivity index (χ1) is 13.3. The molecule has 8 nitrogen and oxygen atoms in total. The van der Waals surface area contributed by atoms with E-state index < -0.39 is 17.9 Å². The lowest BCUT2D eigenvalue weighted by molar-refractivity contribution is 0.111. The van der Waals surface area contributed by atoms with Crippen LogP contribution in [0.4, 0.5) is 25.4 Å². The number of hydroxylamine groups is 2. The van der Waals surface area contributed by atoms with Gasteiger partial charge in [0, 0.05) is 30.9 Å². The Bertz CT molecular complexity index is 881. The first-order valence-electron chi connectivity index (χ1n) is 8.03. The average molecular weight is 411 g/mol. The Morgan fingerprint density at radius 1 is 1.00 bits per heavy atom. The van der Waals surface area contributed by atoms with Crippen molar-refractivity contribution in [3.8, 4) is 11.1 Å². The first kappa shape index (κ1) is 21.4. The summed E-state index contributed by atoms with van der Waals surface area (Å²) in [6.45, 7) is 0. The van der Waals surface area contributed by atoms with Crippen molar-refractivity contribution < 1.29 is 23.7 Å². The molecule has 10 heteroatoms. The Morgan fingerprint density at radius 3 is 2.18 bits per heavy atom. The molecule has 0 aliphatic heterocycles. The Kier molecular flexibility index (Phi) is 7.16. The van der Waals surface area contributed by atoms with E-state index in [0.717, 1.165) is 0 Å². The van der Waals surface area contributed by atoms with E-state index in [-0.39, 0.29) is 16.3 Å². The van der Waals surface area contributed by atoms with Crippen LogP contribution in [0.3, 0.4) is 0 Å². The highest BCUT2D eigenvalue weighted by Gasteiger charge is 2.21. The quantitative estimate of drug-likeness (QED) is 0.738. The van der Waals surface area contributed by atoms with Crippen molar-refractivity contribution >= 4 is 35.0 Å². The summed E-state index contributed by atoms with van der Waals surface area (Å²) in [7, 11) is 5.61. The van der Waals surface area contributed by atoms with Crippen LogP contribution in [0.15, 0.2) is 36.4 Å². The van der Waals surface area contributed by atoms with E-state index in [1.165, 1.54) is 56.3 Å². The summed E-state index contributed by atoms with van der Waals surface area (Å²) in [4.78, 5) is 35.6. The fraction of sp³-hybridized carbons (Fsp3) is 0.222. The summed E-state index contributed by atoms with van der Waals surface area (Å²) in [5.41, 5.74) is 5.61. The van der Waals surface area contributed by atoms with Gasteiger partial charge in [0.05, 0.1) is 24.9 Å². The number of hydrogen-bond donors (Lipinski definition) is 2. The minimum absolute atomic E-state index is 0.136. The molecule has 150 valence electrons. The summed E-state index contributed by atoms with van der Waals surface area (Å²) in [5, 5.41) is 0.196. The topological polar surface area (TPSA) is 83.1 Å². The molecule has 0 saturated carbocycles. The van der Waals surface area contributed by atoms with Crippen LogP contribution in [0, 0.1) is 5.82 Å². The smallest absolute Gasteiger partial charge is 0.296 e. The average Bonchev–Trinajstić information content (AvgIpc) is 2.67. The summed E-state index contributed by atoms with van der Waals surface area (Å²) < 4.78 is 14.7. The third-order valence-electron chi connectivity index (χ3n) is 3.95. The lowest BCUT2D eigenvalue weighted by atomic mass is 10.0. The number of amides is 4. The fourth-order valence-corrected chi connectivity index (χ4v) is 2.78. The van der Waals surface area contributed by atoms with Gasteiger partial charge in [0.15, 0.2) is 0 Å². The van der Waals surface area contributed by atoms with E-state index in [0.29, 0.717) is 11.3 Å². The molecule has 0 unspecified atom stereocenters. The molecule has 0 fully saturated rings. The highest BCUT2D eigenvalue weighted by Crippen LogP contribution is 2.38. The number of nitrogens with zero attached hydrogens (tertiary/aromatic N) is 2. The van der Waals surface area contributed by atoms with Crippen LogP contribution in [0.2, 0.25) is 5.02 Å². The van der Waals surface area contributed by atoms with Gasteiger partial charge >= 0.3 is 12.1 Å². The van der Waals surface area contributed by atoms with Gasteiger partial charge in [0.2, 0.25) is 0 Å². The Hall–Kier alpha value is -2.88. The molecule has 0 atom stereocenters. The third-order valence-corrected chi connectivity index (χ3v) is 4.26. The number of benzene rings is 2. The van der Waals surface area contributed by atoms with E-state index in [2.05, 4.69) is 20.6 Å². The minimum Gasteiger partial charge on any atom is -0.296 e. The molecule has 0 bridgehead atoms. The maximum absolute atomic E-state index is 14.7. The highest BCUT2D eigenvalue weighted by molar-refractivity contribution is 6.34. The molecule has 2 N–H and O–H groups in total. The van der Waals surface area contributed by atoms with Crippen molar-refractivity contribution in [2.75, 3.05) is 38.1 Å². The van der Waals surface area contributed by atoms with Gasteiger partial charge in [-0.25, -0.2) is 24.9 Å². The molecule has 0 aliphatic rings. The second-order valence-corrected chi connectivity index (χ2v) is 6.05. The van der Waals surface area contributed by atoms with Gasteiger partial charge in [-0.15, -0.1) is 0 Å². The van der Waals surface area contributed by atoms with Crippen LogP contribution in [0.1, 0.15) is 0 Å². The van der Waals surface area contributed by atoms with Gasteiger partial charge in [-0.2, -0.15) is 0 Å². The highest BCUT2D eigenvalue weighted by atomic mass is 35.5. The summed E-state index contributed by atoms with van der Waals surface area (Å²) >= 11 is 6.38. The zero-order valence-electron chi connectivity index (χ0n) is 15.7. The second-order valence-electron chi connectivity index (χ2n) is 5.64. The molecule has 0 radical (unpaired) electrons. The number of carbonyl (C=O) groups is 2. The molecule has 0 aliphatic carbocycles. The predicted octanol–water partition coefficient (Wildman–Crippen LogP) is 3.56. The van der Waals surface area contributed by atoms with Crippen LogP contribution < -0.4 is 20.8 Å². The van der Waals surface area contributed by atoms with Gasteiger partial charge in [-0.1, -0.05) is 23.7 Å². The maximum Gasteiger partial charge on any atom is 0.345 e. The normalized spacial score (nSPS) is 10.4. The molecule has 0 heterocycles. The van der Waals surface area contributed by atoms with Gasteiger partial charge in [-0.05, 0) is 24.3 Å². The molecule has 2 rings (SSSR count). The molecule has 2 aromatic rings. The fourth-order valence-electron chi connectivity index (χ4n) is 2.51. The number of nitrogens with one attached hydrogen (secondary N) is 2. The van der Waals surface area contributed by atoms with Crippen LogP contribution in [0.5, 0.6) is 0 Å². The molecular weight excluding hydrogens is 391 g/mol. The van der Waals surface area contributed by atoms with Crippen LogP contribution in [0.25, 0.3) is 11.1 Å². The van der Waals surface area contributed by atoms with Crippen molar-refractivity contribution in [3.05, 3.63) is 47.2 Å². The Balaban J connectivity index is 2.48. The molecule has 28 heavy (non-hydrogen) atoms. The van der Waals surface area contributed by atoms with Crippen molar-refractivity contribution in [1.29, 1.82) is 0 Å². The van der Waals surface area contributed by atoms with Crippen molar-refractivity contribution in [3.63, 3.8) is 0 Å². The number of hydrogen-bond acceptors (Lipinski definition) is 4. The molecule has 2 aromatic carbocycles. The van der Waals surface area contributed by atoms with Gasteiger partial charge in [0.25, 0.3) is 0 Å². The van der Waals surface area contributed by atoms with Crippen LogP contribution in [-0.2, 0) is 9.68 Å². The molecule has 4 amide bonds. The van der Waals surface area contributed by atoms with E-state index in [1.54, 1.807) is 18.2 Å². The largest absolute Gasteiger partial charge is 0.345 e. The first-order valence-corrected chi connectivity index (χ1v) is 8.41. The van der Waals surface area contributed by atoms with Gasteiger partial charge < -0.3 is 0 Å². The van der Waals surface area contributed by atoms with E-state index >= 15 is 0 Å². The zero-order chi connectivity index (χ0) is 20.8. The summed E-state index contributed by atoms with van der Waals surface area (Å²) in [5.74, 6) is -0.560. The molecule has 0 aromatic heterocycles. The minimum atomic E-state index is -0.585. The number of carbonyl (C=O) groups excluding carboxylic acids is 2. The number of urea groups is 2. The number of anilines is 2. The van der Waals surface area contributed by atoms with Crippen molar-refractivity contribution in [2.45, 2.75) is 0 Å². The Labute approximate surface area is 166 Å². The standard InChI is InChI=1S/C18H20ClFN4O4/c1-23(17(25)21-27-3)11-8-9-12(13(19)10-11)16-14(20)6-5-7-15(16)24(2)18(26)22-28-4/h5-10H,1-4H3,(H,21,25)(H,22,26). The SMILES string of the molecule is CONC(=O)N(C)c1ccc(-c2c(F)cccc2N(C)C(=O)NOC)c(Cl)c1. The zero-order valence-corrected chi connectivity index (χ0v) is 16.5. The molecular formula is C18H20ClFN4O4. The number of rotatable bonds is 5. The van der Waals surface area contributed by atoms with E-state index in [1.807, 2.05) is 0 Å². The lowest BCUT2D eigenvalue weighted by Crippen LogP contribution is -2.37. The maximum atomic E-state index is 14.7. The lowest BCUT2D eigenvalue weighted by Gasteiger charge is -2.22. The van der Waals surface area contributed by atoms with Crippen molar-refractivity contribution in [2.24, 2.45) is 0 Å². The monoisotopic (exact) mass is 410 g/mol.